The Kier molecular flexibility index (Phi) is 3.81. The minimum atomic E-state index is -3.46. The lowest BCUT2D eigenvalue weighted by Crippen LogP contribution is -2.31. The molecule has 2 unspecified atom stereocenters. The molecule has 2 atom stereocenters. The monoisotopic (exact) mass is 311 g/mol. The summed E-state index contributed by atoms with van der Waals surface area (Å²) >= 11 is 0. The standard InChI is InChI=1S/C14H21N3O3S/c1-16-21(18,19)10-4-5-12(11(15)8-10)17-13-6-7-20-14(13)9-2-3-9/h4-5,8-9,13-14,16-17H,2-3,6-7,15H2,1H3. The molecule has 3 rings (SSSR count). The van der Waals surface area contributed by atoms with Gasteiger partial charge in [0.15, 0.2) is 0 Å². The van der Waals surface area contributed by atoms with Crippen molar-refractivity contribution in [1.82, 2.24) is 4.72 Å². The average molecular weight is 311 g/mol. The van der Waals surface area contributed by atoms with Gasteiger partial charge in [0.2, 0.25) is 10.0 Å². The highest BCUT2D eigenvalue weighted by atomic mass is 32.2. The van der Waals surface area contributed by atoms with Crippen molar-refractivity contribution in [2.75, 3.05) is 24.7 Å². The van der Waals surface area contributed by atoms with Crippen LogP contribution in [0.15, 0.2) is 23.1 Å². The molecule has 1 saturated carbocycles. The van der Waals surface area contributed by atoms with Crippen molar-refractivity contribution in [2.24, 2.45) is 5.92 Å². The van der Waals surface area contributed by atoms with Gasteiger partial charge in [0, 0.05) is 6.61 Å². The molecule has 1 aromatic carbocycles. The summed E-state index contributed by atoms with van der Waals surface area (Å²) in [5, 5.41) is 3.41. The molecular formula is C14H21N3O3S. The highest BCUT2D eigenvalue weighted by molar-refractivity contribution is 7.89. The van der Waals surface area contributed by atoms with Gasteiger partial charge in [-0.2, -0.15) is 0 Å². The van der Waals surface area contributed by atoms with Gasteiger partial charge in [-0.3, -0.25) is 0 Å². The van der Waals surface area contributed by atoms with Crippen LogP contribution in [0.3, 0.4) is 0 Å². The Balaban J connectivity index is 1.77. The van der Waals surface area contributed by atoms with Gasteiger partial charge in [0.1, 0.15) is 0 Å². The fourth-order valence-electron chi connectivity index (χ4n) is 2.81. The van der Waals surface area contributed by atoms with Gasteiger partial charge in [0.25, 0.3) is 0 Å². The van der Waals surface area contributed by atoms with Crippen molar-refractivity contribution in [3.8, 4) is 0 Å². The smallest absolute Gasteiger partial charge is 0.240 e. The third-order valence-electron chi connectivity index (χ3n) is 4.17. The van der Waals surface area contributed by atoms with Crippen LogP contribution >= 0.6 is 0 Å². The first-order chi connectivity index (χ1) is 10.0. The number of nitrogens with two attached hydrogens (primary N) is 1. The van der Waals surface area contributed by atoms with E-state index >= 15 is 0 Å². The van der Waals surface area contributed by atoms with Crippen LogP contribution in [0.1, 0.15) is 19.3 Å². The summed E-state index contributed by atoms with van der Waals surface area (Å²) in [6.07, 6.45) is 3.68. The van der Waals surface area contributed by atoms with Crippen LogP contribution in [0.25, 0.3) is 0 Å². The zero-order valence-corrected chi connectivity index (χ0v) is 12.8. The van der Waals surface area contributed by atoms with E-state index in [4.69, 9.17) is 10.5 Å². The first kappa shape index (κ1) is 14.6. The minimum absolute atomic E-state index is 0.175. The molecule has 6 nitrogen and oxygen atoms in total. The van der Waals surface area contributed by atoms with E-state index in [0.717, 1.165) is 18.7 Å². The van der Waals surface area contributed by atoms with E-state index in [-0.39, 0.29) is 17.0 Å². The number of anilines is 2. The number of rotatable bonds is 5. The Bertz CT molecular complexity index is 628. The number of sulfonamides is 1. The highest BCUT2D eigenvalue weighted by Crippen LogP contribution is 2.40. The fraction of sp³-hybridized carbons (Fsp3) is 0.571. The molecule has 1 aliphatic carbocycles. The Morgan fingerprint density at radius 2 is 2.05 bits per heavy atom. The Morgan fingerprint density at radius 1 is 1.29 bits per heavy atom. The lowest BCUT2D eigenvalue weighted by Gasteiger charge is -2.21. The van der Waals surface area contributed by atoms with E-state index < -0.39 is 10.0 Å². The van der Waals surface area contributed by atoms with E-state index in [1.807, 2.05) is 0 Å². The Labute approximate surface area is 125 Å². The van der Waals surface area contributed by atoms with Crippen molar-refractivity contribution in [2.45, 2.75) is 36.3 Å². The van der Waals surface area contributed by atoms with Gasteiger partial charge in [-0.25, -0.2) is 13.1 Å². The lowest BCUT2D eigenvalue weighted by atomic mass is 10.1. The zero-order valence-electron chi connectivity index (χ0n) is 12.0. The normalized spacial score (nSPS) is 26.0. The van der Waals surface area contributed by atoms with Crippen LogP contribution in [-0.4, -0.2) is 34.2 Å². The molecule has 0 bridgehead atoms. The molecule has 0 aromatic heterocycles. The summed E-state index contributed by atoms with van der Waals surface area (Å²) in [7, 11) is -2.08. The third-order valence-corrected chi connectivity index (χ3v) is 5.58. The van der Waals surface area contributed by atoms with Crippen LogP contribution in [0.5, 0.6) is 0 Å². The Hall–Kier alpha value is -1.31. The summed E-state index contributed by atoms with van der Waals surface area (Å²) in [5.41, 5.74) is 7.20. The summed E-state index contributed by atoms with van der Waals surface area (Å²) in [4.78, 5) is 0.175. The second kappa shape index (κ2) is 5.47. The maximum Gasteiger partial charge on any atom is 0.240 e. The van der Waals surface area contributed by atoms with E-state index in [1.165, 1.54) is 26.0 Å². The predicted molar refractivity (Wildman–Crippen MR) is 81.6 cm³/mol. The zero-order chi connectivity index (χ0) is 15.0. The summed E-state index contributed by atoms with van der Waals surface area (Å²) in [5.74, 6) is 0.662. The number of nitrogen functional groups attached to an aromatic ring is 1. The van der Waals surface area contributed by atoms with Gasteiger partial charge in [0.05, 0.1) is 28.4 Å². The molecule has 0 radical (unpaired) electrons. The van der Waals surface area contributed by atoms with E-state index in [2.05, 4.69) is 10.0 Å². The van der Waals surface area contributed by atoms with Gasteiger partial charge in [-0.1, -0.05) is 0 Å². The third kappa shape index (κ3) is 3.00. The van der Waals surface area contributed by atoms with Gasteiger partial charge in [-0.15, -0.1) is 0 Å². The quantitative estimate of drug-likeness (QED) is 0.709. The molecule has 1 aromatic rings. The molecule has 2 fully saturated rings. The molecule has 116 valence electrons. The topological polar surface area (TPSA) is 93.5 Å². The van der Waals surface area contributed by atoms with Crippen molar-refractivity contribution >= 4 is 21.4 Å². The second-order valence-corrected chi connectivity index (χ2v) is 7.56. The molecule has 2 aliphatic rings. The molecule has 7 heteroatoms. The summed E-state index contributed by atoms with van der Waals surface area (Å²) in [6, 6.07) is 5.02. The average Bonchev–Trinajstić information content (AvgIpc) is 3.21. The van der Waals surface area contributed by atoms with Crippen molar-refractivity contribution < 1.29 is 13.2 Å². The van der Waals surface area contributed by atoms with Crippen molar-refractivity contribution in [1.29, 1.82) is 0 Å². The van der Waals surface area contributed by atoms with Crippen molar-refractivity contribution in [3.63, 3.8) is 0 Å². The van der Waals surface area contributed by atoms with Crippen LogP contribution in [0, 0.1) is 5.92 Å². The van der Waals surface area contributed by atoms with Crippen molar-refractivity contribution in [3.05, 3.63) is 18.2 Å². The largest absolute Gasteiger partial charge is 0.397 e. The fourth-order valence-corrected chi connectivity index (χ4v) is 3.58. The lowest BCUT2D eigenvalue weighted by molar-refractivity contribution is 0.0898. The maximum absolute atomic E-state index is 11.8. The molecule has 21 heavy (non-hydrogen) atoms. The van der Waals surface area contributed by atoms with Gasteiger partial charge >= 0.3 is 0 Å². The number of benzene rings is 1. The number of hydrogen-bond acceptors (Lipinski definition) is 5. The SMILES string of the molecule is CNS(=O)(=O)c1ccc(NC2CCOC2C2CC2)c(N)c1. The number of hydrogen-bond donors (Lipinski definition) is 3. The molecule has 1 saturated heterocycles. The van der Waals surface area contributed by atoms with Crippen LogP contribution in [-0.2, 0) is 14.8 Å². The summed E-state index contributed by atoms with van der Waals surface area (Å²) in [6.45, 7) is 0.769. The highest BCUT2D eigenvalue weighted by Gasteiger charge is 2.40. The maximum atomic E-state index is 11.8. The van der Waals surface area contributed by atoms with Gasteiger partial charge in [-0.05, 0) is 50.4 Å². The predicted octanol–water partition coefficient (Wildman–Crippen LogP) is 1.16. The molecule has 1 aliphatic heterocycles. The van der Waals surface area contributed by atoms with Crippen LogP contribution in [0.4, 0.5) is 11.4 Å². The second-order valence-electron chi connectivity index (χ2n) is 5.67. The van der Waals surface area contributed by atoms with E-state index in [9.17, 15) is 8.42 Å². The molecule has 1 heterocycles. The molecule has 0 spiro atoms. The molecular weight excluding hydrogens is 290 g/mol. The van der Waals surface area contributed by atoms with Crippen LogP contribution in [0.2, 0.25) is 0 Å². The minimum Gasteiger partial charge on any atom is -0.397 e. The summed E-state index contributed by atoms with van der Waals surface area (Å²) < 4.78 is 31.6. The molecule has 4 N–H and O–H groups in total. The molecule has 0 amide bonds. The van der Waals surface area contributed by atoms with Crippen LogP contribution < -0.4 is 15.8 Å². The first-order valence-electron chi connectivity index (χ1n) is 7.22. The van der Waals surface area contributed by atoms with Gasteiger partial charge < -0.3 is 15.8 Å². The number of nitrogens with one attached hydrogen (secondary N) is 2. The first-order valence-corrected chi connectivity index (χ1v) is 8.71. The van der Waals surface area contributed by atoms with E-state index in [1.54, 1.807) is 12.1 Å². The number of ether oxygens (including phenoxy) is 1. The van der Waals surface area contributed by atoms with E-state index in [0.29, 0.717) is 11.6 Å². The Morgan fingerprint density at radius 3 is 2.67 bits per heavy atom.